The van der Waals surface area contributed by atoms with Crippen molar-refractivity contribution in [1.82, 2.24) is 4.90 Å². The average Bonchev–Trinajstić information content (AvgIpc) is 2.64. The lowest BCUT2D eigenvalue weighted by Gasteiger charge is -2.23. The van der Waals surface area contributed by atoms with Gasteiger partial charge in [-0.15, -0.1) is 0 Å². The number of hydrogen-bond donors (Lipinski definition) is 1. The lowest BCUT2D eigenvalue weighted by atomic mass is 9.83. The predicted octanol–water partition coefficient (Wildman–Crippen LogP) is 5.63. The van der Waals surface area contributed by atoms with Crippen molar-refractivity contribution >= 4 is 21.6 Å². The number of nitrogens with zero attached hydrogens (tertiary/aromatic N) is 2. The van der Waals surface area contributed by atoms with Gasteiger partial charge in [-0.2, -0.15) is 0 Å². The van der Waals surface area contributed by atoms with Crippen LogP contribution in [-0.2, 0) is 0 Å². The second kappa shape index (κ2) is 8.53. The third-order valence-corrected chi connectivity index (χ3v) is 5.30. The maximum absolute atomic E-state index is 14.8. The molecule has 0 fully saturated rings. The highest BCUT2D eigenvalue weighted by molar-refractivity contribution is 9.10. The third-order valence-electron chi connectivity index (χ3n) is 4.80. The van der Waals surface area contributed by atoms with E-state index in [2.05, 4.69) is 21.1 Å². The second-order valence-electron chi connectivity index (χ2n) is 6.75. The van der Waals surface area contributed by atoms with Gasteiger partial charge in [-0.1, -0.05) is 63.6 Å². The summed E-state index contributed by atoms with van der Waals surface area (Å²) in [6, 6.07) is 13.1. The van der Waals surface area contributed by atoms with E-state index in [1.54, 1.807) is 6.07 Å². The molecule has 27 heavy (non-hydrogen) atoms. The molecular weight excluding hydrogens is 407 g/mol. The summed E-state index contributed by atoms with van der Waals surface area (Å²) in [6.07, 6.45) is 6.30. The molecule has 0 amide bonds. The van der Waals surface area contributed by atoms with Crippen molar-refractivity contribution in [3.8, 4) is 0 Å². The first-order valence-electron chi connectivity index (χ1n) is 8.80. The first-order chi connectivity index (χ1) is 13.0. The average molecular weight is 429 g/mol. The van der Waals surface area contributed by atoms with Gasteiger partial charge >= 0.3 is 0 Å². The first-order valence-corrected chi connectivity index (χ1v) is 9.59. The molecule has 5 heteroatoms. The fourth-order valence-electron chi connectivity index (χ4n) is 3.41. The molecule has 1 atom stereocenters. The number of rotatable bonds is 5. The Morgan fingerprint density at radius 3 is 2.70 bits per heavy atom. The summed E-state index contributed by atoms with van der Waals surface area (Å²) in [4.78, 5) is 2.02. The van der Waals surface area contributed by atoms with Crippen molar-refractivity contribution < 1.29 is 9.60 Å². The van der Waals surface area contributed by atoms with Gasteiger partial charge in [0.2, 0.25) is 0 Å². The lowest BCUT2D eigenvalue weighted by Crippen LogP contribution is -2.19. The van der Waals surface area contributed by atoms with Crippen molar-refractivity contribution in [3.05, 3.63) is 93.4 Å². The van der Waals surface area contributed by atoms with Crippen LogP contribution in [0.15, 0.2) is 76.0 Å². The zero-order valence-electron chi connectivity index (χ0n) is 15.4. The van der Waals surface area contributed by atoms with Crippen molar-refractivity contribution in [2.75, 3.05) is 13.6 Å². The van der Waals surface area contributed by atoms with E-state index in [1.165, 1.54) is 6.07 Å². The molecule has 0 saturated heterocycles. The second-order valence-corrected chi connectivity index (χ2v) is 7.67. The van der Waals surface area contributed by atoms with E-state index in [-0.39, 0.29) is 11.7 Å². The summed E-state index contributed by atoms with van der Waals surface area (Å²) in [5.74, 6) is -0.535. The third kappa shape index (κ3) is 4.48. The summed E-state index contributed by atoms with van der Waals surface area (Å²) < 4.78 is 15.5. The molecule has 140 valence electrons. The summed E-state index contributed by atoms with van der Waals surface area (Å²) >= 11 is 3.32. The van der Waals surface area contributed by atoms with Crippen LogP contribution in [0.2, 0.25) is 0 Å². The minimum Gasteiger partial charge on any atom is -0.411 e. The molecule has 1 aliphatic rings. The van der Waals surface area contributed by atoms with E-state index < -0.39 is 0 Å². The molecule has 0 bridgehead atoms. The lowest BCUT2D eigenvalue weighted by molar-refractivity contribution is 0.317. The number of benzene rings is 2. The molecule has 3 rings (SSSR count). The maximum atomic E-state index is 14.8. The van der Waals surface area contributed by atoms with E-state index in [9.17, 15) is 9.60 Å². The van der Waals surface area contributed by atoms with Crippen molar-refractivity contribution in [2.24, 2.45) is 5.16 Å². The van der Waals surface area contributed by atoms with Crippen LogP contribution in [0, 0.1) is 12.7 Å². The van der Waals surface area contributed by atoms with Crippen LogP contribution < -0.4 is 0 Å². The van der Waals surface area contributed by atoms with Gasteiger partial charge in [-0.3, -0.25) is 0 Å². The summed E-state index contributed by atoms with van der Waals surface area (Å²) in [5, 5.41) is 13.2. The van der Waals surface area contributed by atoms with Crippen LogP contribution in [0.5, 0.6) is 0 Å². The van der Waals surface area contributed by atoms with Crippen molar-refractivity contribution in [2.45, 2.75) is 19.3 Å². The summed E-state index contributed by atoms with van der Waals surface area (Å²) in [7, 11) is 1.96. The number of likely N-dealkylation sites (N-methyl/N-ethyl adjacent to an activating group) is 1. The summed E-state index contributed by atoms with van der Waals surface area (Å²) in [6.45, 7) is 2.83. The molecular formula is C22H22BrFN2O. The molecule has 0 spiro atoms. The minimum atomic E-state index is -0.278. The number of hydrogen-bond acceptors (Lipinski definition) is 3. The molecule has 1 aliphatic heterocycles. The quantitative estimate of drug-likeness (QED) is 0.380. The highest BCUT2D eigenvalue weighted by Gasteiger charge is 2.24. The zero-order valence-corrected chi connectivity index (χ0v) is 16.9. The van der Waals surface area contributed by atoms with Crippen LogP contribution >= 0.6 is 15.9 Å². The molecule has 0 radical (unpaired) electrons. The molecule has 2 aromatic rings. The van der Waals surface area contributed by atoms with Crippen LogP contribution in [0.3, 0.4) is 0 Å². The van der Waals surface area contributed by atoms with E-state index in [4.69, 9.17) is 0 Å². The van der Waals surface area contributed by atoms with Crippen LogP contribution in [0.4, 0.5) is 4.39 Å². The highest BCUT2D eigenvalue weighted by atomic mass is 79.9. The standard InChI is InChI=1S/C22H22BrFN2O/c1-15-6-3-4-8-18(15)20(19-10-9-17(23)12-21(19)24)13-22(25-27)16-7-5-11-26(2)14-16/h3-10,12,14,20,27H,11,13H2,1-2H3. The summed E-state index contributed by atoms with van der Waals surface area (Å²) in [5.41, 5.74) is 4.05. The fraction of sp³-hybridized carbons (Fsp3) is 0.227. The van der Waals surface area contributed by atoms with Gasteiger partial charge in [0.1, 0.15) is 5.82 Å². The van der Waals surface area contributed by atoms with E-state index >= 15 is 0 Å². The van der Waals surface area contributed by atoms with Crippen LogP contribution in [0.25, 0.3) is 0 Å². The van der Waals surface area contributed by atoms with Gasteiger partial charge in [0.25, 0.3) is 0 Å². The van der Waals surface area contributed by atoms with Crippen molar-refractivity contribution in [3.63, 3.8) is 0 Å². The molecule has 2 aromatic carbocycles. The fourth-order valence-corrected chi connectivity index (χ4v) is 3.74. The maximum Gasteiger partial charge on any atom is 0.128 e. The molecule has 0 aromatic heterocycles. The monoisotopic (exact) mass is 428 g/mol. The molecule has 1 unspecified atom stereocenters. The number of aryl methyl sites for hydroxylation is 1. The van der Waals surface area contributed by atoms with E-state index in [0.29, 0.717) is 22.2 Å². The Balaban J connectivity index is 2.05. The van der Waals surface area contributed by atoms with Gasteiger partial charge in [0.15, 0.2) is 0 Å². The van der Waals surface area contributed by atoms with Gasteiger partial charge < -0.3 is 10.1 Å². The van der Waals surface area contributed by atoms with Crippen molar-refractivity contribution in [1.29, 1.82) is 0 Å². The van der Waals surface area contributed by atoms with Gasteiger partial charge in [0, 0.05) is 42.2 Å². The minimum absolute atomic E-state index is 0.258. The topological polar surface area (TPSA) is 35.8 Å². The van der Waals surface area contributed by atoms with E-state index in [1.807, 2.05) is 67.6 Å². The van der Waals surface area contributed by atoms with Gasteiger partial charge in [-0.05, 0) is 35.7 Å². The Morgan fingerprint density at radius 1 is 1.26 bits per heavy atom. The molecule has 1 N–H and O–H groups in total. The molecule has 0 aliphatic carbocycles. The number of oxime groups is 1. The first kappa shape index (κ1) is 19.4. The molecule has 3 nitrogen and oxygen atoms in total. The predicted molar refractivity (Wildman–Crippen MR) is 111 cm³/mol. The highest BCUT2D eigenvalue weighted by Crippen LogP contribution is 2.34. The SMILES string of the molecule is Cc1ccccc1C(CC(=NO)C1=CN(C)CC=C1)c1ccc(Br)cc1F. The Labute approximate surface area is 167 Å². The largest absolute Gasteiger partial charge is 0.411 e. The number of allylic oxidation sites excluding steroid dienone is 2. The van der Waals surface area contributed by atoms with E-state index in [0.717, 1.165) is 23.2 Å². The van der Waals surface area contributed by atoms with Gasteiger partial charge in [0.05, 0.1) is 5.71 Å². The Bertz CT molecular complexity index is 920. The zero-order chi connectivity index (χ0) is 19.4. The van der Waals surface area contributed by atoms with Crippen LogP contribution in [0.1, 0.15) is 29.0 Å². The Morgan fingerprint density at radius 2 is 2.04 bits per heavy atom. The number of halogens is 2. The normalized spacial score (nSPS) is 15.6. The Hall–Kier alpha value is -2.40. The smallest absolute Gasteiger partial charge is 0.128 e. The van der Waals surface area contributed by atoms with Gasteiger partial charge in [-0.25, -0.2) is 4.39 Å². The van der Waals surface area contributed by atoms with Crippen LogP contribution in [-0.4, -0.2) is 29.4 Å². The Kier molecular flexibility index (Phi) is 6.11. The molecule has 1 heterocycles. The molecule has 0 saturated carbocycles.